The van der Waals surface area contributed by atoms with E-state index in [1.807, 2.05) is 0 Å². The van der Waals surface area contributed by atoms with Crippen molar-refractivity contribution in [3.63, 3.8) is 0 Å². The molecule has 0 atom stereocenters. The zero-order valence-corrected chi connectivity index (χ0v) is 16.5. The summed E-state index contributed by atoms with van der Waals surface area (Å²) in [6.07, 6.45) is 1.41. The van der Waals surface area contributed by atoms with Gasteiger partial charge in [-0.05, 0) is 67.7 Å². The maximum absolute atomic E-state index is 12.3. The van der Waals surface area contributed by atoms with Crippen LogP contribution in [0.1, 0.15) is 26.5 Å². The quantitative estimate of drug-likeness (QED) is 0.322. The van der Waals surface area contributed by atoms with Crippen molar-refractivity contribution in [3.8, 4) is 0 Å². The molecular weight excluding hydrogens is 408 g/mol. The van der Waals surface area contributed by atoms with Crippen molar-refractivity contribution in [3.05, 3.63) is 87.9 Å². The molecule has 10 heteroatoms. The van der Waals surface area contributed by atoms with E-state index in [1.54, 1.807) is 43.3 Å². The summed E-state index contributed by atoms with van der Waals surface area (Å²) in [5, 5.41) is 19.0. The van der Waals surface area contributed by atoms with Crippen LogP contribution < -0.4 is 16.0 Å². The number of hydrogen-bond donors (Lipinski definition) is 3. The minimum Gasteiger partial charge on any atom is -0.459 e. The van der Waals surface area contributed by atoms with E-state index in [2.05, 4.69) is 16.0 Å². The standard InChI is InChI=1S/C20H16N4O5S/c1-12-11-13(4-9-16(12)24(27)28)18(25)23-20(30)22-15-7-5-14(6-8-15)21-19(26)17-3-2-10-29-17/h2-11H,1H3,(H,21,26)(H2,22,23,25,30). The number of nitrogens with one attached hydrogen (secondary N) is 3. The van der Waals surface area contributed by atoms with Gasteiger partial charge >= 0.3 is 0 Å². The average molecular weight is 424 g/mol. The molecule has 0 saturated heterocycles. The van der Waals surface area contributed by atoms with Crippen molar-refractivity contribution in [2.24, 2.45) is 0 Å². The second-order valence-corrected chi connectivity index (χ2v) is 6.58. The predicted octanol–water partition coefficient (Wildman–Crippen LogP) is 3.88. The van der Waals surface area contributed by atoms with Crippen LogP contribution >= 0.6 is 12.2 Å². The molecule has 152 valence electrons. The maximum atomic E-state index is 12.3. The fraction of sp³-hybridized carbons (Fsp3) is 0.0500. The number of nitro groups is 1. The van der Waals surface area contributed by atoms with Gasteiger partial charge in [0.1, 0.15) is 0 Å². The molecule has 0 spiro atoms. The summed E-state index contributed by atoms with van der Waals surface area (Å²) in [4.78, 5) is 34.6. The minimum absolute atomic E-state index is 0.0587. The third-order valence-corrected chi connectivity index (χ3v) is 4.23. The van der Waals surface area contributed by atoms with E-state index in [0.717, 1.165) is 0 Å². The van der Waals surface area contributed by atoms with Crippen LogP contribution in [0.4, 0.5) is 17.1 Å². The molecule has 3 N–H and O–H groups in total. The third-order valence-electron chi connectivity index (χ3n) is 4.03. The van der Waals surface area contributed by atoms with Crippen LogP contribution in [-0.2, 0) is 0 Å². The van der Waals surface area contributed by atoms with Gasteiger partial charge in [0, 0.05) is 28.6 Å². The lowest BCUT2D eigenvalue weighted by molar-refractivity contribution is -0.385. The Morgan fingerprint density at radius 2 is 1.67 bits per heavy atom. The highest BCUT2D eigenvalue weighted by Gasteiger charge is 2.15. The molecule has 30 heavy (non-hydrogen) atoms. The van der Waals surface area contributed by atoms with Gasteiger partial charge in [-0.2, -0.15) is 0 Å². The van der Waals surface area contributed by atoms with Crippen molar-refractivity contribution < 1.29 is 18.9 Å². The van der Waals surface area contributed by atoms with E-state index < -0.39 is 10.8 Å². The van der Waals surface area contributed by atoms with Crippen LogP contribution in [-0.4, -0.2) is 21.9 Å². The highest BCUT2D eigenvalue weighted by molar-refractivity contribution is 7.80. The van der Waals surface area contributed by atoms with Gasteiger partial charge in [-0.3, -0.25) is 25.0 Å². The van der Waals surface area contributed by atoms with Crippen molar-refractivity contribution in [2.45, 2.75) is 6.92 Å². The fourth-order valence-electron chi connectivity index (χ4n) is 2.58. The van der Waals surface area contributed by atoms with Crippen molar-refractivity contribution in [1.29, 1.82) is 0 Å². The summed E-state index contributed by atoms with van der Waals surface area (Å²) < 4.78 is 5.03. The number of thiocarbonyl (C=S) groups is 1. The van der Waals surface area contributed by atoms with E-state index in [4.69, 9.17) is 16.6 Å². The van der Waals surface area contributed by atoms with Crippen LogP contribution in [0.15, 0.2) is 65.3 Å². The van der Waals surface area contributed by atoms with Crippen molar-refractivity contribution >= 4 is 46.2 Å². The number of amides is 2. The zero-order valence-electron chi connectivity index (χ0n) is 15.7. The molecule has 1 aromatic heterocycles. The Bertz CT molecular complexity index is 1110. The van der Waals surface area contributed by atoms with Gasteiger partial charge < -0.3 is 15.1 Å². The van der Waals surface area contributed by atoms with Crippen LogP contribution in [0.2, 0.25) is 0 Å². The minimum atomic E-state index is -0.510. The molecule has 1 heterocycles. The second-order valence-electron chi connectivity index (χ2n) is 6.18. The second kappa shape index (κ2) is 8.97. The number of furan rings is 1. The number of anilines is 2. The molecule has 0 saturated carbocycles. The van der Waals surface area contributed by atoms with E-state index in [-0.39, 0.29) is 28.0 Å². The van der Waals surface area contributed by atoms with Crippen LogP contribution in [0.25, 0.3) is 0 Å². The first-order valence-corrected chi connectivity index (χ1v) is 9.06. The molecule has 2 amide bonds. The maximum Gasteiger partial charge on any atom is 0.291 e. The molecule has 0 aliphatic heterocycles. The Balaban J connectivity index is 1.57. The molecule has 2 aromatic carbocycles. The predicted molar refractivity (Wildman–Crippen MR) is 115 cm³/mol. The van der Waals surface area contributed by atoms with Gasteiger partial charge in [0.15, 0.2) is 10.9 Å². The molecule has 0 aliphatic rings. The molecular formula is C20H16N4O5S. The number of nitro benzene ring substituents is 1. The van der Waals surface area contributed by atoms with Crippen LogP contribution in [0, 0.1) is 17.0 Å². The number of carbonyl (C=O) groups excluding carboxylic acids is 2. The summed E-state index contributed by atoms with van der Waals surface area (Å²) in [6.45, 7) is 1.55. The van der Waals surface area contributed by atoms with Crippen molar-refractivity contribution in [2.75, 3.05) is 10.6 Å². The molecule has 0 bridgehead atoms. The normalized spacial score (nSPS) is 10.2. The Kier molecular flexibility index (Phi) is 6.18. The molecule has 3 rings (SSSR count). The summed E-state index contributed by atoms with van der Waals surface area (Å²) >= 11 is 5.14. The summed E-state index contributed by atoms with van der Waals surface area (Å²) in [6, 6.07) is 13.9. The SMILES string of the molecule is Cc1cc(C(=O)NC(=S)Nc2ccc(NC(=O)c3ccco3)cc2)ccc1[N+](=O)[O-]. The van der Waals surface area contributed by atoms with Gasteiger partial charge in [0.2, 0.25) is 0 Å². The van der Waals surface area contributed by atoms with E-state index in [9.17, 15) is 19.7 Å². The lowest BCUT2D eigenvalue weighted by atomic mass is 10.1. The van der Waals surface area contributed by atoms with Crippen LogP contribution in [0.3, 0.4) is 0 Å². The van der Waals surface area contributed by atoms with Gasteiger partial charge in [0.05, 0.1) is 11.2 Å². The summed E-state index contributed by atoms with van der Waals surface area (Å²) in [5.41, 5.74) is 1.71. The highest BCUT2D eigenvalue weighted by atomic mass is 32.1. The first-order valence-electron chi connectivity index (χ1n) is 8.66. The molecule has 0 unspecified atom stereocenters. The number of aryl methyl sites for hydroxylation is 1. The summed E-state index contributed by atoms with van der Waals surface area (Å²) in [5.74, 6) is -0.669. The lowest BCUT2D eigenvalue weighted by Gasteiger charge is -2.11. The smallest absolute Gasteiger partial charge is 0.291 e. The number of benzene rings is 2. The third kappa shape index (κ3) is 5.06. The topological polar surface area (TPSA) is 127 Å². The van der Waals surface area contributed by atoms with Gasteiger partial charge in [0.25, 0.3) is 17.5 Å². The molecule has 0 radical (unpaired) electrons. The molecule has 0 aliphatic carbocycles. The monoisotopic (exact) mass is 424 g/mol. The molecule has 0 fully saturated rings. The Morgan fingerprint density at radius 3 is 2.23 bits per heavy atom. The lowest BCUT2D eigenvalue weighted by Crippen LogP contribution is -2.34. The van der Waals surface area contributed by atoms with Crippen molar-refractivity contribution in [1.82, 2.24) is 5.32 Å². The average Bonchev–Trinajstić information content (AvgIpc) is 3.24. The number of rotatable bonds is 5. The number of hydrogen-bond acceptors (Lipinski definition) is 6. The number of nitrogens with zero attached hydrogens (tertiary/aromatic N) is 1. The van der Waals surface area contributed by atoms with Crippen LogP contribution in [0.5, 0.6) is 0 Å². The fourth-order valence-corrected chi connectivity index (χ4v) is 2.79. The van der Waals surface area contributed by atoms with E-state index in [0.29, 0.717) is 16.9 Å². The van der Waals surface area contributed by atoms with E-state index in [1.165, 1.54) is 24.5 Å². The highest BCUT2D eigenvalue weighted by Crippen LogP contribution is 2.19. The first kappa shape index (κ1) is 20.7. The first-order chi connectivity index (χ1) is 14.3. The molecule has 9 nitrogen and oxygen atoms in total. The number of carbonyl (C=O) groups is 2. The van der Waals surface area contributed by atoms with Gasteiger partial charge in [-0.1, -0.05) is 0 Å². The largest absolute Gasteiger partial charge is 0.459 e. The Hall–Kier alpha value is -4.05. The Labute approximate surface area is 176 Å². The zero-order chi connectivity index (χ0) is 21.7. The van der Waals surface area contributed by atoms with E-state index >= 15 is 0 Å². The van der Waals surface area contributed by atoms with Gasteiger partial charge in [-0.25, -0.2) is 0 Å². The van der Waals surface area contributed by atoms with Gasteiger partial charge in [-0.15, -0.1) is 0 Å². The summed E-state index contributed by atoms with van der Waals surface area (Å²) in [7, 11) is 0. The Morgan fingerprint density at radius 1 is 1.00 bits per heavy atom. The molecule has 3 aromatic rings.